The number of nitrogens with one attached hydrogen (secondary N) is 1. The number of rotatable bonds is 8. The fourth-order valence-electron chi connectivity index (χ4n) is 4.57. The van der Waals surface area contributed by atoms with Crippen LogP contribution in [0.25, 0.3) is 0 Å². The molecule has 1 N–H and O–H groups in total. The maximum Gasteiger partial charge on any atom is 0.239 e. The molecule has 28 heavy (non-hydrogen) atoms. The zero-order chi connectivity index (χ0) is 19.1. The second-order valence-corrected chi connectivity index (χ2v) is 8.91. The summed E-state index contributed by atoms with van der Waals surface area (Å²) in [5, 5.41) is 7.54. The summed E-state index contributed by atoms with van der Waals surface area (Å²) >= 11 is 0. The van der Waals surface area contributed by atoms with Gasteiger partial charge in [-0.15, -0.1) is 0 Å². The largest absolute Gasteiger partial charge is 0.464 e. The zero-order valence-electron chi connectivity index (χ0n) is 16.6. The van der Waals surface area contributed by atoms with Gasteiger partial charge in [-0.3, -0.25) is 9.69 Å². The Labute approximate surface area is 166 Å². The maximum atomic E-state index is 12.8. The molecule has 0 saturated heterocycles. The molecule has 3 fully saturated rings. The average Bonchev–Trinajstić information content (AvgIpc) is 3.42. The lowest BCUT2D eigenvalue weighted by atomic mass is 10.2. The molecule has 1 amide bonds. The molecule has 2 heterocycles. The number of aromatic nitrogens is 2. The van der Waals surface area contributed by atoms with Gasteiger partial charge < -0.3 is 9.73 Å². The first-order valence-corrected chi connectivity index (χ1v) is 10.8. The molecule has 2 aromatic heterocycles. The topological polar surface area (TPSA) is 63.3 Å². The summed E-state index contributed by atoms with van der Waals surface area (Å²) in [6.07, 6.45) is 10.2. The molecule has 0 aromatic carbocycles. The SMILES string of the molecule is CC1CC1c1ccc(CN(CC(=O)Nc2ccnn2C2CCCC2)C2CC2)o1. The standard InChI is InChI=1S/C22H30N4O2/c1-15-12-19(15)20-9-8-18(28-20)13-25(16-6-7-16)14-22(27)24-21-10-11-23-26(21)17-4-2-3-5-17/h8-11,15-17,19H,2-7,12-14H2,1H3,(H,24,27). The lowest BCUT2D eigenvalue weighted by Crippen LogP contribution is -2.35. The van der Waals surface area contributed by atoms with Crippen molar-refractivity contribution in [2.45, 2.75) is 76.4 Å². The molecule has 0 bridgehead atoms. The Morgan fingerprint density at radius 1 is 1.25 bits per heavy atom. The van der Waals surface area contributed by atoms with Crippen LogP contribution >= 0.6 is 0 Å². The van der Waals surface area contributed by atoms with Crippen molar-refractivity contribution in [3.8, 4) is 0 Å². The Balaban J connectivity index is 1.20. The zero-order valence-corrected chi connectivity index (χ0v) is 16.6. The van der Waals surface area contributed by atoms with Crippen molar-refractivity contribution in [3.63, 3.8) is 0 Å². The summed E-state index contributed by atoms with van der Waals surface area (Å²) in [4.78, 5) is 15.0. The van der Waals surface area contributed by atoms with E-state index in [1.54, 1.807) is 6.20 Å². The van der Waals surface area contributed by atoms with E-state index in [-0.39, 0.29) is 5.91 Å². The number of hydrogen-bond donors (Lipinski definition) is 1. The highest BCUT2D eigenvalue weighted by molar-refractivity contribution is 5.91. The lowest BCUT2D eigenvalue weighted by Gasteiger charge is -2.21. The number of hydrogen-bond acceptors (Lipinski definition) is 4. The van der Waals surface area contributed by atoms with Gasteiger partial charge in [0.2, 0.25) is 5.91 Å². The highest BCUT2D eigenvalue weighted by Crippen LogP contribution is 2.47. The van der Waals surface area contributed by atoms with E-state index in [0.29, 0.717) is 31.1 Å². The van der Waals surface area contributed by atoms with Crippen LogP contribution in [0.1, 0.15) is 75.3 Å². The molecular weight excluding hydrogens is 352 g/mol. The van der Waals surface area contributed by atoms with E-state index in [9.17, 15) is 4.79 Å². The number of anilines is 1. The number of carbonyl (C=O) groups is 1. The molecule has 0 spiro atoms. The summed E-state index contributed by atoms with van der Waals surface area (Å²) in [6, 6.07) is 7.04. The van der Waals surface area contributed by atoms with Crippen LogP contribution in [-0.2, 0) is 11.3 Å². The van der Waals surface area contributed by atoms with Crippen LogP contribution in [0.2, 0.25) is 0 Å². The van der Waals surface area contributed by atoms with E-state index in [0.717, 1.165) is 36.1 Å². The molecule has 6 nitrogen and oxygen atoms in total. The van der Waals surface area contributed by atoms with Gasteiger partial charge in [-0.25, -0.2) is 4.68 Å². The van der Waals surface area contributed by atoms with E-state index in [1.165, 1.54) is 32.1 Å². The van der Waals surface area contributed by atoms with Gasteiger partial charge in [0.05, 0.1) is 25.3 Å². The van der Waals surface area contributed by atoms with E-state index in [4.69, 9.17) is 4.42 Å². The van der Waals surface area contributed by atoms with Crippen molar-refractivity contribution in [1.29, 1.82) is 0 Å². The molecule has 3 saturated carbocycles. The molecule has 0 radical (unpaired) electrons. The minimum absolute atomic E-state index is 0.0363. The quantitative estimate of drug-likeness (QED) is 0.739. The third kappa shape index (κ3) is 3.88. The maximum absolute atomic E-state index is 12.8. The number of furan rings is 1. The summed E-state index contributed by atoms with van der Waals surface area (Å²) < 4.78 is 8.07. The van der Waals surface area contributed by atoms with Crippen LogP contribution in [-0.4, -0.2) is 33.2 Å². The molecule has 150 valence electrons. The van der Waals surface area contributed by atoms with E-state index >= 15 is 0 Å². The first-order chi connectivity index (χ1) is 13.7. The van der Waals surface area contributed by atoms with Crippen molar-refractivity contribution in [1.82, 2.24) is 14.7 Å². The second kappa shape index (κ2) is 7.39. The van der Waals surface area contributed by atoms with Crippen LogP contribution in [0.15, 0.2) is 28.8 Å². The average molecular weight is 383 g/mol. The Hall–Kier alpha value is -2.08. The number of amides is 1. The van der Waals surface area contributed by atoms with Crippen LogP contribution < -0.4 is 5.32 Å². The van der Waals surface area contributed by atoms with Crippen molar-refractivity contribution in [2.75, 3.05) is 11.9 Å². The van der Waals surface area contributed by atoms with Crippen molar-refractivity contribution < 1.29 is 9.21 Å². The summed E-state index contributed by atoms with van der Waals surface area (Å²) in [6.45, 7) is 3.38. The Bertz CT molecular complexity index is 831. The highest BCUT2D eigenvalue weighted by atomic mass is 16.3. The molecule has 3 aliphatic carbocycles. The van der Waals surface area contributed by atoms with Crippen LogP contribution in [0.5, 0.6) is 0 Å². The third-order valence-electron chi connectivity index (χ3n) is 6.53. The smallest absolute Gasteiger partial charge is 0.239 e. The van der Waals surface area contributed by atoms with Gasteiger partial charge in [0.15, 0.2) is 0 Å². The van der Waals surface area contributed by atoms with Gasteiger partial charge in [-0.05, 0) is 50.2 Å². The van der Waals surface area contributed by atoms with Gasteiger partial charge in [-0.1, -0.05) is 19.8 Å². The molecule has 2 aromatic rings. The van der Waals surface area contributed by atoms with Crippen molar-refractivity contribution in [3.05, 3.63) is 35.9 Å². The van der Waals surface area contributed by atoms with Gasteiger partial charge in [-0.2, -0.15) is 5.10 Å². The molecular formula is C22H30N4O2. The lowest BCUT2D eigenvalue weighted by molar-refractivity contribution is -0.117. The molecule has 0 aliphatic heterocycles. The van der Waals surface area contributed by atoms with Crippen molar-refractivity contribution >= 4 is 11.7 Å². The molecule has 6 heteroatoms. The van der Waals surface area contributed by atoms with Crippen LogP contribution in [0.4, 0.5) is 5.82 Å². The first kappa shape index (κ1) is 18.0. The molecule has 3 aliphatic rings. The Morgan fingerprint density at radius 3 is 2.75 bits per heavy atom. The minimum Gasteiger partial charge on any atom is -0.464 e. The van der Waals surface area contributed by atoms with Gasteiger partial charge >= 0.3 is 0 Å². The molecule has 2 unspecified atom stereocenters. The fourth-order valence-corrected chi connectivity index (χ4v) is 4.57. The predicted molar refractivity (Wildman–Crippen MR) is 107 cm³/mol. The van der Waals surface area contributed by atoms with Crippen LogP contribution in [0, 0.1) is 5.92 Å². The second-order valence-electron chi connectivity index (χ2n) is 8.91. The Morgan fingerprint density at radius 2 is 2.04 bits per heavy atom. The van der Waals surface area contributed by atoms with E-state index in [1.807, 2.05) is 10.7 Å². The van der Waals surface area contributed by atoms with Gasteiger partial charge in [0.1, 0.15) is 17.3 Å². The van der Waals surface area contributed by atoms with Gasteiger partial charge in [0.25, 0.3) is 0 Å². The van der Waals surface area contributed by atoms with Crippen molar-refractivity contribution in [2.24, 2.45) is 5.92 Å². The van der Waals surface area contributed by atoms with Crippen LogP contribution in [0.3, 0.4) is 0 Å². The fraction of sp³-hybridized carbons (Fsp3) is 0.636. The van der Waals surface area contributed by atoms with E-state index < -0.39 is 0 Å². The summed E-state index contributed by atoms with van der Waals surface area (Å²) in [5.41, 5.74) is 0. The number of nitrogens with zero attached hydrogens (tertiary/aromatic N) is 3. The number of carbonyl (C=O) groups excluding carboxylic acids is 1. The minimum atomic E-state index is 0.0363. The third-order valence-corrected chi connectivity index (χ3v) is 6.53. The molecule has 2 atom stereocenters. The Kier molecular flexibility index (Phi) is 4.75. The first-order valence-electron chi connectivity index (χ1n) is 10.8. The van der Waals surface area contributed by atoms with Gasteiger partial charge in [0, 0.05) is 18.0 Å². The summed E-state index contributed by atoms with van der Waals surface area (Å²) in [7, 11) is 0. The monoisotopic (exact) mass is 382 g/mol. The summed E-state index contributed by atoms with van der Waals surface area (Å²) in [5.74, 6) is 4.30. The molecule has 5 rings (SSSR count). The highest BCUT2D eigenvalue weighted by Gasteiger charge is 2.37. The normalized spacial score (nSPS) is 24.8. The van der Waals surface area contributed by atoms with E-state index in [2.05, 4.69) is 34.4 Å². The predicted octanol–water partition coefficient (Wildman–Crippen LogP) is 4.32.